The van der Waals surface area contributed by atoms with Gasteiger partial charge in [0.15, 0.2) is 0 Å². The summed E-state index contributed by atoms with van der Waals surface area (Å²) in [5.74, 6) is -1.45. The predicted molar refractivity (Wildman–Crippen MR) is 100 cm³/mol. The molecular formula is C19H24F3N5O5+2. The van der Waals surface area contributed by atoms with Crippen LogP contribution in [0.4, 0.5) is 13.2 Å². The summed E-state index contributed by atoms with van der Waals surface area (Å²) in [4.78, 5) is 49.4. The van der Waals surface area contributed by atoms with Gasteiger partial charge in [-0.1, -0.05) is 0 Å². The van der Waals surface area contributed by atoms with Gasteiger partial charge in [-0.3, -0.25) is 9.59 Å². The Morgan fingerprint density at radius 1 is 1.28 bits per heavy atom. The second-order valence-corrected chi connectivity index (χ2v) is 8.28. The van der Waals surface area contributed by atoms with Gasteiger partial charge < -0.3 is 10.6 Å². The molecule has 0 aromatic carbocycles. The molecule has 32 heavy (non-hydrogen) atoms. The Morgan fingerprint density at radius 3 is 2.62 bits per heavy atom. The van der Waals surface area contributed by atoms with Crippen LogP contribution < -0.4 is 10.6 Å². The number of nitroso groups, excluding NO2 is 2. The van der Waals surface area contributed by atoms with Gasteiger partial charge in [0.2, 0.25) is 30.4 Å². The molecule has 0 bridgehead atoms. The normalized spacial score (nSPS) is 31.0. The maximum atomic E-state index is 12.6. The quantitative estimate of drug-likeness (QED) is 0.594. The molecule has 3 aliphatic rings. The number of ether oxygens (including phenoxy) is 1. The fourth-order valence-electron chi connectivity index (χ4n) is 4.46. The zero-order valence-electron chi connectivity index (χ0n) is 17.4. The number of carbonyl (C=O) groups is 2. The molecule has 2 saturated heterocycles. The zero-order chi connectivity index (χ0) is 23.6. The van der Waals surface area contributed by atoms with Gasteiger partial charge in [0.25, 0.3) is 0 Å². The second-order valence-electron chi connectivity index (χ2n) is 8.28. The number of halogens is 3. The predicted octanol–water partition coefficient (Wildman–Crippen LogP) is 1.19. The lowest BCUT2D eigenvalue weighted by Crippen LogP contribution is -2.59. The Bertz CT molecular complexity index is 897. The van der Waals surface area contributed by atoms with E-state index in [9.17, 15) is 32.6 Å². The molecule has 3 rings (SSSR count). The Balaban J connectivity index is 1.64. The SMILES string of the molecule is CC1=C(CC(=O)NCC2CCC(C#N)C[N+]2=O)C(=O)NC2CCC(OC(F)(F)F)[N+](=O)C12. The van der Waals surface area contributed by atoms with Gasteiger partial charge in [0.1, 0.15) is 5.92 Å². The van der Waals surface area contributed by atoms with Gasteiger partial charge >= 0.3 is 12.6 Å². The third kappa shape index (κ3) is 5.29. The zero-order valence-corrected chi connectivity index (χ0v) is 17.4. The molecule has 0 saturated carbocycles. The van der Waals surface area contributed by atoms with Crippen molar-refractivity contribution in [1.82, 2.24) is 10.6 Å². The van der Waals surface area contributed by atoms with Crippen LogP contribution in [-0.2, 0) is 14.3 Å². The number of nitrogens with one attached hydrogen (secondary N) is 2. The van der Waals surface area contributed by atoms with E-state index in [1.54, 1.807) is 0 Å². The number of hydrogen-bond acceptors (Lipinski definition) is 6. The van der Waals surface area contributed by atoms with E-state index in [-0.39, 0.29) is 54.2 Å². The van der Waals surface area contributed by atoms with Gasteiger partial charge in [-0.15, -0.1) is 13.2 Å². The van der Waals surface area contributed by atoms with E-state index in [4.69, 9.17) is 5.26 Å². The van der Waals surface area contributed by atoms with E-state index < -0.39 is 42.5 Å². The first kappa shape index (κ1) is 23.8. The van der Waals surface area contributed by atoms with E-state index in [1.807, 2.05) is 6.07 Å². The molecule has 3 aliphatic heterocycles. The van der Waals surface area contributed by atoms with Gasteiger partial charge in [-0.05, 0) is 19.8 Å². The van der Waals surface area contributed by atoms with E-state index in [1.165, 1.54) is 6.92 Å². The Morgan fingerprint density at radius 2 is 2.00 bits per heavy atom. The van der Waals surface area contributed by atoms with Crippen molar-refractivity contribution < 1.29 is 37.0 Å². The summed E-state index contributed by atoms with van der Waals surface area (Å²) in [6, 6.07) is -0.193. The van der Waals surface area contributed by atoms with E-state index in [0.29, 0.717) is 12.8 Å². The molecule has 2 fully saturated rings. The number of nitrogens with zero attached hydrogens (tertiary/aromatic N) is 3. The molecule has 0 radical (unpaired) electrons. The summed E-state index contributed by atoms with van der Waals surface area (Å²) >= 11 is 0. The van der Waals surface area contributed by atoms with Crippen molar-refractivity contribution in [3.05, 3.63) is 21.0 Å². The average Bonchev–Trinajstić information content (AvgIpc) is 2.71. The van der Waals surface area contributed by atoms with Gasteiger partial charge in [0, 0.05) is 43.3 Å². The van der Waals surface area contributed by atoms with Crippen LogP contribution in [0.2, 0.25) is 0 Å². The molecule has 0 aromatic heterocycles. The fourth-order valence-corrected chi connectivity index (χ4v) is 4.46. The smallest absolute Gasteiger partial charge is 0.349 e. The van der Waals surface area contributed by atoms with Gasteiger partial charge in [-0.25, -0.2) is 4.74 Å². The fraction of sp³-hybridized carbons (Fsp3) is 0.737. The second kappa shape index (κ2) is 9.32. The van der Waals surface area contributed by atoms with Crippen LogP contribution in [0.1, 0.15) is 39.0 Å². The van der Waals surface area contributed by atoms with Gasteiger partial charge in [0.05, 0.1) is 25.1 Å². The maximum absolute atomic E-state index is 12.6. The summed E-state index contributed by atoms with van der Waals surface area (Å²) in [6.07, 6.45) is -6.18. The molecule has 2 N–H and O–H groups in total. The first-order valence-electron chi connectivity index (χ1n) is 10.3. The summed E-state index contributed by atoms with van der Waals surface area (Å²) < 4.78 is 42.6. The Hall–Kier alpha value is -2.88. The number of rotatable bonds is 5. The number of nitriles is 1. The van der Waals surface area contributed by atoms with Crippen LogP contribution in [0, 0.1) is 27.1 Å². The van der Waals surface area contributed by atoms with E-state index >= 15 is 0 Å². The molecule has 0 aliphatic carbocycles. The number of piperidine rings is 2. The lowest BCUT2D eigenvalue weighted by molar-refractivity contribution is -0.684. The highest BCUT2D eigenvalue weighted by atomic mass is 19.4. The number of amides is 2. The lowest BCUT2D eigenvalue weighted by Gasteiger charge is -2.34. The molecular weight excluding hydrogens is 435 g/mol. The van der Waals surface area contributed by atoms with Crippen LogP contribution in [0.5, 0.6) is 0 Å². The average molecular weight is 459 g/mol. The minimum absolute atomic E-state index is 0.00410. The molecule has 5 unspecified atom stereocenters. The topological polar surface area (TPSA) is 131 Å². The first-order chi connectivity index (χ1) is 15.0. The lowest BCUT2D eigenvalue weighted by atomic mass is 9.84. The van der Waals surface area contributed by atoms with Gasteiger partial charge in [-0.2, -0.15) is 5.26 Å². The minimum atomic E-state index is -4.97. The monoisotopic (exact) mass is 459 g/mol. The van der Waals surface area contributed by atoms with Crippen molar-refractivity contribution in [2.75, 3.05) is 13.1 Å². The van der Waals surface area contributed by atoms with Crippen molar-refractivity contribution in [1.29, 1.82) is 5.26 Å². The third-order valence-corrected chi connectivity index (χ3v) is 6.15. The Kier molecular flexibility index (Phi) is 6.92. The maximum Gasteiger partial charge on any atom is 0.527 e. The highest BCUT2D eigenvalue weighted by Gasteiger charge is 2.53. The number of alkyl halides is 3. The number of hydrogen-bond donors (Lipinski definition) is 2. The van der Waals surface area contributed by atoms with Crippen LogP contribution in [0.25, 0.3) is 0 Å². The van der Waals surface area contributed by atoms with Crippen molar-refractivity contribution in [3.8, 4) is 6.07 Å². The summed E-state index contributed by atoms with van der Waals surface area (Å²) in [5, 5.41) is 14.1. The molecule has 174 valence electrons. The minimum Gasteiger partial charge on any atom is -0.349 e. The molecule has 13 heteroatoms. The molecule has 3 heterocycles. The highest BCUT2D eigenvalue weighted by molar-refractivity contribution is 6.00. The van der Waals surface area contributed by atoms with E-state index in [0.717, 1.165) is 4.76 Å². The molecule has 10 nitrogen and oxygen atoms in total. The summed E-state index contributed by atoms with van der Waals surface area (Å²) in [6.45, 7) is 1.55. The standard InChI is InChI=1S/C19H22F3N5O5/c1-10-13(6-15(28)24-8-12-3-2-11(7-23)9-26(12)30)18(29)25-14-4-5-16(27(31)17(10)14)32-19(20,21)22/h11-12,14,16-17H,2-6,8-9H2,1H3/p+2. The molecule has 0 spiro atoms. The summed E-state index contributed by atoms with van der Waals surface area (Å²) in [5.41, 5.74) is 0.226. The highest BCUT2D eigenvalue weighted by Crippen LogP contribution is 2.33. The van der Waals surface area contributed by atoms with Crippen molar-refractivity contribution >= 4 is 11.8 Å². The molecule has 5 atom stereocenters. The van der Waals surface area contributed by atoms with Crippen molar-refractivity contribution in [2.45, 2.75) is 69.7 Å². The van der Waals surface area contributed by atoms with Crippen LogP contribution in [0.3, 0.4) is 0 Å². The first-order valence-corrected chi connectivity index (χ1v) is 10.3. The van der Waals surface area contributed by atoms with E-state index in [2.05, 4.69) is 15.4 Å². The largest absolute Gasteiger partial charge is 0.527 e. The van der Waals surface area contributed by atoms with Crippen LogP contribution in [0.15, 0.2) is 11.1 Å². The third-order valence-electron chi connectivity index (χ3n) is 6.15. The summed E-state index contributed by atoms with van der Waals surface area (Å²) in [7, 11) is 0. The van der Waals surface area contributed by atoms with Crippen LogP contribution >= 0.6 is 0 Å². The van der Waals surface area contributed by atoms with Crippen LogP contribution in [-0.4, -0.2) is 65.1 Å². The molecule has 0 aromatic rings. The molecule has 2 amide bonds. The van der Waals surface area contributed by atoms with Crippen molar-refractivity contribution in [2.24, 2.45) is 5.92 Å². The number of fused-ring (bicyclic) bond motifs is 1. The van der Waals surface area contributed by atoms with Crippen molar-refractivity contribution in [3.63, 3.8) is 0 Å². The number of carbonyl (C=O) groups excluding carboxylic acids is 2. The Labute approximate surface area is 181 Å².